The number of pyridine rings is 1. The van der Waals surface area contributed by atoms with Crippen LogP contribution in [0.25, 0.3) is 0 Å². The highest BCUT2D eigenvalue weighted by atomic mass is 28.3. The lowest BCUT2D eigenvalue weighted by atomic mass is 10.2. The molecule has 0 unspecified atom stereocenters. The van der Waals surface area contributed by atoms with Crippen molar-refractivity contribution in [2.75, 3.05) is 5.73 Å². The third-order valence-electron chi connectivity index (χ3n) is 1.75. The molecule has 0 bridgehead atoms. The molecule has 0 aliphatic rings. The van der Waals surface area contributed by atoms with E-state index in [1.165, 1.54) is 6.07 Å². The molecule has 0 aliphatic heterocycles. The van der Waals surface area contributed by atoms with Crippen molar-refractivity contribution in [1.82, 2.24) is 4.98 Å². The first-order chi connectivity index (χ1) is 6.79. The second-order valence-corrected chi connectivity index (χ2v) is 9.24. The molecule has 0 amide bonds. The smallest absolute Gasteiger partial charge is 0.145 e. The zero-order chi connectivity index (χ0) is 11.6. The van der Waals surface area contributed by atoms with E-state index in [1.54, 1.807) is 6.92 Å². The molecule has 0 atom stereocenters. The maximum absolute atomic E-state index is 13.2. The second-order valence-electron chi connectivity index (χ2n) is 4.49. The highest BCUT2D eigenvalue weighted by Gasteiger charge is 2.09. The SMILES string of the molecule is Cc1nc(N)c(C#C[Si](C)(C)C)cc1F. The Labute approximate surface area is 90.7 Å². The van der Waals surface area contributed by atoms with Crippen LogP contribution in [-0.4, -0.2) is 13.1 Å². The molecule has 0 saturated carbocycles. The molecule has 1 heterocycles. The molecule has 4 heteroatoms. The lowest BCUT2D eigenvalue weighted by Gasteiger charge is -2.04. The fourth-order valence-electron chi connectivity index (χ4n) is 0.954. The number of hydrogen-bond donors (Lipinski definition) is 1. The van der Waals surface area contributed by atoms with Gasteiger partial charge in [-0.25, -0.2) is 9.37 Å². The van der Waals surface area contributed by atoms with E-state index in [-0.39, 0.29) is 5.82 Å². The standard InChI is InChI=1S/C11H15FN2Si/c1-8-10(12)7-9(11(13)14-8)5-6-15(2,3)4/h7H,1-4H3,(H2,13,14). The van der Waals surface area contributed by atoms with Crippen molar-refractivity contribution in [2.45, 2.75) is 26.6 Å². The van der Waals surface area contributed by atoms with E-state index in [4.69, 9.17) is 5.73 Å². The van der Waals surface area contributed by atoms with E-state index < -0.39 is 8.07 Å². The van der Waals surface area contributed by atoms with Gasteiger partial charge in [0.2, 0.25) is 0 Å². The molecule has 2 N–H and O–H groups in total. The Morgan fingerprint density at radius 1 is 1.40 bits per heavy atom. The van der Waals surface area contributed by atoms with Gasteiger partial charge >= 0.3 is 0 Å². The number of nitrogens with two attached hydrogens (primary N) is 1. The third kappa shape index (κ3) is 3.37. The average molecular weight is 222 g/mol. The molecular weight excluding hydrogens is 207 g/mol. The predicted octanol–water partition coefficient (Wildman–Crippen LogP) is 2.34. The van der Waals surface area contributed by atoms with Crippen LogP contribution in [0.5, 0.6) is 0 Å². The second kappa shape index (κ2) is 4.03. The number of nitrogen functional groups attached to an aromatic ring is 1. The highest BCUT2D eigenvalue weighted by Crippen LogP contribution is 2.12. The Morgan fingerprint density at radius 3 is 2.53 bits per heavy atom. The van der Waals surface area contributed by atoms with Crippen molar-refractivity contribution in [3.05, 3.63) is 23.1 Å². The lowest BCUT2D eigenvalue weighted by Crippen LogP contribution is -2.16. The van der Waals surface area contributed by atoms with E-state index in [1.807, 2.05) is 0 Å². The molecule has 80 valence electrons. The minimum Gasteiger partial charge on any atom is -0.383 e. The minimum atomic E-state index is -1.46. The van der Waals surface area contributed by atoms with Crippen molar-refractivity contribution in [3.63, 3.8) is 0 Å². The molecular formula is C11H15FN2Si. The van der Waals surface area contributed by atoms with E-state index in [0.717, 1.165) is 0 Å². The summed E-state index contributed by atoms with van der Waals surface area (Å²) < 4.78 is 13.2. The van der Waals surface area contributed by atoms with Crippen molar-refractivity contribution in [1.29, 1.82) is 0 Å². The zero-order valence-electron chi connectivity index (χ0n) is 9.48. The maximum atomic E-state index is 13.2. The summed E-state index contributed by atoms with van der Waals surface area (Å²) in [5.74, 6) is 2.85. The molecule has 0 spiro atoms. The Morgan fingerprint density at radius 2 is 2.00 bits per heavy atom. The first kappa shape index (κ1) is 11.7. The third-order valence-corrected chi connectivity index (χ3v) is 2.63. The van der Waals surface area contributed by atoms with Gasteiger partial charge in [0.15, 0.2) is 0 Å². The summed E-state index contributed by atoms with van der Waals surface area (Å²) in [7, 11) is -1.46. The van der Waals surface area contributed by atoms with Gasteiger partial charge in [0, 0.05) is 0 Å². The van der Waals surface area contributed by atoms with Gasteiger partial charge in [-0.05, 0) is 13.0 Å². The number of halogens is 1. The van der Waals surface area contributed by atoms with Crippen LogP contribution in [0, 0.1) is 24.2 Å². The van der Waals surface area contributed by atoms with Crippen molar-refractivity contribution >= 4 is 13.9 Å². The van der Waals surface area contributed by atoms with Crippen LogP contribution in [0.1, 0.15) is 11.3 Å². The van der Waals surface area contributed by atoms with Gasteiger partial charge in [0.1, 0.15) is 19.7 Å². The number of rotatable bonds is 0. The van der Waals surface area contributed by atoms with E-state index in [9.17, 15) is 4.39 Å². The van der Waals surface area contributed by atoms with Crippen LogP contribution < -0.4 is 5.73 Å². The Hall–Kier alpha value is -1.34. The quantitative estimate of drug-likeness (QED) is 0.540. The van der Waals surface area contributed by atoms with Crippen LogP contribution in [0.2, 0.25) is 19.6 Å². The zero-order valence-corrected chi connectivity index (χ0v) is 10.5. The van der Waals surface area contributed by atoms with E-state index in [0.29, 0.717) is 17.1 Å². The Balaban J connectivity index is 3.15. The first-order valence-corrected chi connectivity index (χ1v) is 8.25. The maximum Gasteiger partial charge on any atom is 0.145 e. The van der Waals surface area contributed by atoms with E-state index in [2.05, 4.69) is 36.1 Å². The first-order valence-electron chi connectivity index (χ1n) is 4.75. The van der Waals surface area contributed by atoms with Gasteiger partial charge in [-0.15, -0.1) is 5.54 Å². The van der Waals surface area contributed by atoms with E-state index >= 15 is 0 Å². The Kier molecular flexibility index (Phi) is 3.15. The lowest BCUT2D eigenvalue weighted by molar-refractivity contribution is 0.610. The largest absolute Gasteiger partial charge is 0.383 e. The van der Waals surface area contributed by atoms with Gasteiger partial charge in [0.25, 0.3) is 0 Å². The van der Waals surface area contributed by atoms with Gasteiger partial charge in [-0.2, -0.15) is 0 Å². The summed E-state index contributed by atoms with van der Waals surface area (Å²) in [5, 5.41) is 0. The number of aromatic nitrogens is 1. The van der Waals surface area contributed by atoms with Crippen molar-refractivity contribution in [3.8, 4) is 11.5 Å². The van der Waals surface area contributed by atoms with Crippen molar-refractivity contribution < 1.29 is 4.39 Å². The molecule has 15 heavy (non-hydrogen) atoms. The van der Waals surface area contributed by atoms with Crippen LogP contribution >= 0.6 is 0 Å². The van der Waals surface area contributed by atoms with Crippen LogP contribution in [0.3, 0.4) is 0 Å². The van der Waals surface area contributed by atoms with Crippen LogP contribution in [0.15, 0.2) is 6.07 Å². The predicted molar refractivity (Wildman–Crippen MR) is 63.6 cm³/mol. The molecule has 0 aliphatic carbocycles. The summed E-state index contributed by atoms with van der Waals surface area (Å²) >= 11 is 0. The molecule has 1 aromatic heterocycles. The molecule has 0 saturated heterocycles. The van der Waals surface area contributed by atoms with Crippen molar-refractivity contribution in [2.24, 2.45) is 0 Å². The summed E-state index contributed by atoms with van der Waals surface area (Å²) in [5.41, 5.74) is 9.58. The Bertz CT molecular complexity index is 438. The topological polar surface area (TPSA) is 38.9 Å². The number of nitrogens with zero attached hydrogens (tertiary/aromatic N) is 1. The summed E-state index contributed by atoms with van der Waals surface area (Å²) in [6.07, 6.45) is 0. The molecule has 0 radical (unpaired) electrons. The van der Waals surface area contributed by atoms with Crippen LogP contribution in [0.4, 0.5) is 10.2 Å². The molecule has 2 nitrogen and oxygen atoms in total. The summed E-state index contributed by atoms with van der Waals surface area (Å²) in [6, 6.07) is 1.35. The van der Waals surface area contributed by atoms with Gasteiger partial charge in [0.05, 0.1) is 11.3 Å². The fourth-order valence-corrected chi connectivity index (χ4v) is 1.46. The molecule has 0 fully saturated rings. The number of anilines is 1. The van der Waals surface area contributed by atoms with Gasteiger partial charge in [-0.3, -0.25) is 0 Å². The molecule has 1 rings (SSSR count). The molecule has 1 aromatic rings. The number of aryl methyl sites for hydroxylation is 1. The highest BCUT2D eigenvalue weighted by molar-refractivity contribution is 6.83. The van der Waals surface area contributed by atoms with Crippen LogP contribution in [-0.2, 0) is 0 Å². The summed E-state index contributed by atoms with van der Waals surface area (Å²) in [4.78, 5) is 3.89. The van der Waals surface area contributed by atoms with Gasteiger partial charge < -0.3 is 5.73 Å². The van der Waals surface area contributed by atoms with Gasteiger partial charge in [-0.1, -0.05) is 25.6 Å². The minimum absolute atomic E-state index is 0.305. The normalized spacial score (nSPS) is 10.7. The fraction of sp³-hybridized carbons (Fsp3) is 0.364. The number of hydrogen-bond acceptors (Lipinski definition) is 2. The molecule has 0 aromatic carbocycles. The average Bonchev–Trinajstić information content (AvgIpc) is 2.07. The monoisotopic (exact) mass is 222 g/mol. The summed E-state index contributed by atoms with van der Waals surface area (Å²) in [6.45, 7) is 7.94.